The molecule has 1 aliphatic rings. The van der Waals surface area contributed by atoms with Gasteiger partial charge in [0, 0.05) is 6.42 Å². The van der Waals surface area contributed by atoms with E-state index in [2.05, 4.69) is 15.0 Å². The number of nitrogens with zero attached hydrogens (tertiary/aromatic N) is 4. The summed E-state index contributed by atoms with van der Waals surface area (Å²) in [6.45, 7) is 4.64. The molecular weight excluding hydrogens is 196 g/mol. The number of carbonyl (C=O) groups is 1. The van der Waals surface area contributed by atoms with E-state index in [1.165, 1.54) is 4.90 Å². The molecule has 1 saturated heterocycles. The molecule has 1 amide bonds. The van der Waals surface area contributed by atoms with Crippen molar-refractivity contribution >= 4 is 12.0 Å². The molecule has 0 aromatic carbocycles. The van der Waals surface area contributed by atoms with Crippen LogP contribution in [0.3, 0.4) is 0 Å². The number of rotatable bonds is 2. The van der Waals surface area contributed by atoms with E-state index in [1.807, 2.05) is 6.92 Å². The molecule has 0 radical (unpaired) electrons. The van der Waals surface area contributed by atoms with Gasteiger partial charge in [-0.05, 0) is 6.92 Å². The van der Waals surface area contributed by atoms with Crippen LogP contribution in [0.5, 0.6) is 0 Å². The normalized spacial score (nSPS) is 15.6. The minimum absolute atomic E-state index is 0.386. The molecule has 6 heteroatoms. The first kappa shape index (κ1) is 9.82. The molecule has 1 aliphatic heterocycles. The van der Waals surface area contributed by atoms with Gasteiger partial charge in [0.2, 0.25) is 5.95 Å². The number of aromatic nitrogens is 3. The van der Waals surface area contributed by atoms with E-state index in [0.29, 0.717) is 30.7 Å². The van der Waals surface area contributed by atoms with Crippen molar-refractivity contribution in [3.63, 3.8) is 0 Å². The lowest BCUT2D eigenvalue weighted by molar-refractivity contribution is 0.181. The Morgan fingerprint density at radius 2 is 2.20 bits per heavy atom. The lowest BCUT2D eigenvalue weighted by Gasteiger charge is -2.11. The van der Waals surface area contributed by atoms with Crippen LogP contribution < -0.4 is 4.90 Å². The Kier molecular flexibility index (Phi) is 2.49. The molecule has 0 aliphatic carbocycles. The predicted octanol–water partition coefficient (Wildman–Crippen LogP) is 0.699. The molecule has 2 heterocycles. The maximum atomic E-state index is 11.3. The van der Waals surface area contributed by atoms with Gasteiger partial charge in [0.15, 0.2) is 0 Å². The molecule has 0 atom stereocenters. The maximum absolute atomic E-state index is 11.3. The van der Waals surface area contributed by atoms with Crippen molar-refractivity contribution in [2.24, 2.45) is 0 Å². The van der Waals surface area contributed by atoms with Crippen LogP contribution in [0, 0.1) is 6.92 Å². The highest BCUT2D eigenvalue weighted by Gasteiger charge is 2.26. The Morgan fingerprint density at radius 1 is 1.40 bits per heavy atom. The Hall–Kier alpha value is -1.72. The van der Waals surface area contributed by atoms with Gasteiger partial charge in [-0.15, -0.1) is 0 Å². The Morgan fingerprint density at radius 3 is 2.80 bits per heavy atom. The number of cyclic esters (lactones) is 1. The van der Waals surface area contributed by atoms with Gasteiger partial charge in [-0.3, -0.25) is 0 Å². The average Bonchev–Trinajstić information content (AvgIpc) is 2.63. The molecule has 1 fully saturated rings. The fourth-order valence-electron chi connectivity index (χ4n) is 1.38. The monoisotopic (exact) mass is 208 g/mol. The fraction of sp³-hybridized carbons (Fsp3) is 0.556. The van der Waals surface area contributed by atoms with Gasteiger partial charge in [0.25, 0.3) is 0 Å². The first-order chi connectivity index (χ1) is 7.20. The van der Waals surface area contributed by atoms with Crippen molar-refractivity contribution in [3.8, 4) is 0 Å². The van der Waals surface area contributed by atoms with E-state index in [0.717, 1.165) is 6.42 Å². The second-order valence-corrected chi connectivity index (χ2v) is 3.22. The molecule has 0 unspecified atom stereocenters. The molecule has 80 valence electrons. The minimum Gasteiger partial charge on any atom is -0.447 e. The van der Waals surface area contributed by atoms with E-state index in [1.54, 1.807) is 6.92 Å². The molecular formula is C9H12N4O2. The number of hydrogen-bond acceptors (Lipinski definition) is 5. The third-order valence-electron chi connectivity index (χ3n) is 2.10. The van der Waals surface area contributed by atoms with E-state index in [4.69, 9.17) is 4.74 Å². The summed E-state index contributed by atoms with van der Waals surface area (Å²) in [6.07, 6.45) is 0.335. The standard InChI is InChI=1S/C9H12N4O2/c1-3-7-10-6(2)11-8(12-7)13-4-5-15-9(13)14/h3-5H2,1-2H3. The molecule has 0 saturated carbocycles. The number of carbonyl (C=O) groups excluding carboxylic acids is 1. The predicted molar refractivity (Wildman–Crippen MR) is 52.6 cm³/mol. The number of anilines is 1. The number of hydrogen-bond donors (Lipinski definition) is 0. The van der Waals surface area contributed by atoms with Crippen LogP contribution in [-0.2, 0) is 11.2 Å². The van der Waals surface area contributed by atoms with E-state index in [-0.39, 0.29) is 6.09 Å². The van der Waals surface area contributed by atoms with Gasteiger partial charge in [-0.1, -0.05) is 6.92 Å². The zero-order valence-corrected chi connectivity index (χ0v) is 8.73. The number of amides is 1. The lowest BCUT2D eigenvalue weighted by atomic mass is 10.4. The first-order valence-corrected chi connectivity index (χ1v) is 4.86. The fourth-order valence-corrected chi connectivity index (χ4v) is 1.38. The molecule has 1 aromatic heterocycles. The van der Waals surface area contributed by atoms with Gasteiger partial charge in [-0.2, -0.15) is 9.97 Å². The summed E-state index contributed by atoms with van der Waals surface area (Å²) < 4.78 is 4.82. The molecule has 1 aromatic rings. The molecule has 0 bridgehead atoms. The summed E-state index contributed by atoms with van der Waals surface area (Å²) in [5.74, 6) is 1.70. The Balaban J connectivity index is 2.34. The number of aryl methyl sites for hydroxylation is 2. The van der Waals surface area contributed by atoms with Gasteiger partial charge in [0.05, 0.1) is 6.54 Å². The molecule has 0 spiro atoms. The number of ether oxygens (including phenoxy) is 1. The molecule has 6 nitrogen and oxygen atoms in total. The maximum Gasteiger partial charge on any atom is 0.416 e. The molecule has 2 rings (SSSR count). The van der Waals surface area contributed by atoms with Crippen LogP contribution in [0.2, 0.25) is 0 Å². The van der Waals surface area contributed by atoms with Crippen LogP contribution in [-0.4, -0.2) is 34.2 Å². The molecule has 0 N–H and O–H groups in total. The highest BCUT2D eigenvalue weighted by atomic mass is 16.6. The van der Waals surface area contributed by atoms with Gasteiger partial charge in [0.1, 0.15) is 18.3 Å². The molecule has 15 heavy (non-hydrogen) atoms. The summed E-state index contributed by atoms with van der Waals surface area (Å²) in [7, 11) is 0. The lowest BCUT2D eigenvalue weighted by Crippen LogP contribution is -2.26. The third kappa shape index (κ3) is 1.88. The van der Waals surface area contributed by atoms with Gasteiger partial charge in [-0.25, -0.2) is 14.7 Å². The summed E-state index contributed by atoms with van der Waals surface area (Å²) in [6, 6.07) is 0. The van der Waals surface area contributed by atoms with E-state index < -0.39 is 0 Å². The summed E-state index contributed by atoms with van der Waals surface area (Å²) in [5.41, 5.74) is 0. The second kappa shape index (κ2) is 3.80. The van der Waals surface area contributed by atoms with Crippen molar-refractivity contribution in [2.75, 3.05) is 18.1 Å². The van der Waals surface area contributed by atoms with Crippen LogP contribution in [0.15, 0.2) is 0 Å². The SMILES string of the molecule is CCc1nc(C)nc(N2CCOC2=O)n1. The summed E-state index contributed by atoms with van der Waals surface area (Å²) in [4.78, 5) is 25.2. The van der Waals surface area contributed by atoms with Crippen LogP contribution in [0.4, 0.5) is 10.7 Å². The van der Waals surface area contributed by atoms with Gasteiger partial charge >= 0.3 is 6.09 Å². The van der Waals surface area contributed by atoms with Crippen molar-refractivity contribution in [2.45, 2.75) is 20.3 Å². The topological polar surface area (TPSA) is 68.2 Å². The van der Waals surface area contributed by atoms with Crippen molar-refractivity contribution in [1.29, 1.82) is 0 Å². The van der Waals surface area contributed by atoms with Crippen LogP contribution >= 0.6 is 0 Å². The van der Waals surface area contributed by atoms with Crippen molar-refractivity contribution < 1.29 is 9.53 Å². The smallest absolute Gasteiger partial charge is 0.416 e. The summed E-state index contributed by atoms with van der Waals surface area (Å²) in [5, 5.41) is 0. The van der Waals surface area contributed by atoms with Gasteiger partial charge < -0.3 is 4.74 Å². The highest BCUT2D eigenvalue weighted by Crippen LogP contribution is 2.13. The largest absolute Gasteiger partial charge is 0.447 e. The summed E-state index contributed by atoms with van der Waals surface area (Å²) >= 11 is 0. The van der Waals surface area contributed by atoms with Crippen molar-refractivity contribution in [3.05, 3.63) is 11.6 Å². The quantitative estimate of drug-likeness (QED) is 0.715. The van der Waals surface area contributed by atoms with Crippen LogP contribution in [0.1, 0.15) is 18.6 Å². The van der Waals surface area contributed by atoms with Crippen molar-refractivity contribution in [1.82, 2.24) is 15.0 Å². The zero-order chi connectivity index (χ0) is 10.8. The Labute approximate surface area is 87.3 Å². The van der Waals surface area contributed by atoms with E-state index >= 15 is 0 Å². The minimum atomic E-state index is -0.386. The zero-order valence-electron chi connectivity index (χ0n) is 8.73. The van der Waals surface area contributed by atoms with Crippen LogP contribution in [0.25, 0.3) is 0 Å². The second-order valence-electron chi connectivity index (χ2n) is 3.22. The third-order valence-corrected chi connectivity index (χ3v) is 2.10. The Bertz CT molecular complexity index is 394. The highest BCUT2D eigenvalue weighted by molar-refractivity contribution is 5.86. The van der Waals surface area contributed by atoms with E-state index in [9.17, 15) is 4.79 Å². The average molecular weight is 208 g/mol. The first-order valence-electron chi connectivity index (χ1n) is 4.86.